The Labute approximate surface area is 185 Å². The average molecular weight is 517 g/mol. The van der Waals surface area contributed by atoms with E-state index >= 15 is 0 Å². The van der Waals surface area contributed by atoms with Gasteiger partial charge in [-0.05, 0) is 46.3 Å². The lowest BCUT2D eigenvalue weighted by atomic mass is 10.2. The minimum Gasteiger partial charge on any atom is -0.345 e. The van der Waals surface area contributed by atoms with Gasteiger partial charge in [0.15, 0.2) is 5.13 Å². The number of hydrogen-bond donors (Lipinski definition) is 0. The Bertz CT molecular complexity index is 1130. The summed E-state index contributed by atoms with van der Waals surface area (Å²) in [7, 11) is -3.56. The van der Waals surface area contributed by atoms with Crippen molar-refractivity contribution in [1.29, 1.82) is 0 Å². The number of piperazine rings is 1. The van der Waals surface area contributed by atoms with Crippen molar-refractivity contribution in [3.05, 3.63) is 63.2 Å². The molecule has 0 aliphatic carbocycles. The van der Waals surface area contributed by atoms with E-state index in [2.05, 4.69) is 20.9 Å². The summed E-state index contributed by atoms with van der Waals surface area (Å²) in [5.74, 6) is -0.409. The number of aromatic nitrogens is 1. The second kappa shape index (κ2) is 8.31. The monoisotopic (exact) mass is 515 g/mol. The smallest absolute Gasteiger partial charge is 0.244 e. The highest BCUT2D eigenvalue weighted by molar-refractivity contribution is 9.10. The predicted molar refractivity (Wildman–Crippen MR) is 118 cm³/mol. The van der Waals surface area contributed by atoms with Gasteiger partial charge in [0.25, 0.3) is 0 Å². The quantitative estimate of drug-likeness (QED) is 0.496. The first kappa shape index (κ1) is 20.7. The number of anilines is 1. The van der Waals surface area contributed by atoms with Crippen LogP contribution in [0.2, 0.25) is 5.02 Å². The first-order valence-electron chi connectivity index (χ1n) is 8.76. The molecule has 2 heterocycles. The van der Waals surface area contributed by atoms with Crippen LogP contribution < -0.4 is 4.90 Å². The van der Waals surface area contributed by atoms with E-state index in [0.29, 0.717) is 46.9 Å². The van der Waals surface area contributed by atoms with Gasteiger partial charge in [0.2, 0.25) is 10.0 Å². The molecule has 29 heavy (non-hydrogen) atoms. The van der Waals surface area contributed by atoms with E-state index in [4.69, 9.17) is 11.6 Å². The summed E-state index contributed by atoms with van der Waals surface area (Å²) >= 11 is 10.7. The van der Waals surface area contributed by atoms with Crippen LogP contribution in [0.5, 0.6) is 0 Å². The minimum absolute atomic E-state index is 0.271. The van der Waals surface area contributed by atoms with Crippen molar-refractivity contribution in [3.8, 4) is 11.3 Å². The lowest BCUT2D eigenvalue weighted by Gasteiger charge is -2.33. The molecule has 1 fully saturated rings. The molecule has 1 aliphatic rings. The van der Waals surface area contributed by atoms with Crippen molar-refractivity contribution in [2.24, 2.45) is 0 Å². The lowest BCUT2D eigenvalue weighted by Crippen LogP contribution is -2.48. The molecular formula is C19H16BrClFN3O2S2. The normalized spacial score (nSPS) is 15.6. The van der Waals surface area contributed by atoms with Crippen LogP contribution in [0.3, 0.4) is 0 Å². The number of hydrogen-bond acceptors (Lipinski definition) is 5. The Morgan fingerprint density at radius 1 is 1.10 bits per heavy atom. The molecule has 152 valence electrons. The van der Waals surface area contributed by atoms with E-state index in [0.717, 1.165) is 5.13 Å². The van der Waals surface area contributed by atoms with Crippen molar-refractivity contribution in [2.45, 2.75) is 4.90 Å². The van der Waals surface area contributed by atoms with Crippen LogP contribution in [0.4, 0.5) is 9.52 Å². The molecule has 0 bridgehead atoms. The third-order valence-electron chi connectivity index (χ3n) is 4.61. The van der Waals surface area contributed by atoms with Crippen molar-refractivity contribution < 1.29 is 12.8 Å². The maximum absolute atomic E-state index is 13.6. The third kappa shape index (κ3) is 4.34. The zero-order valence-corrected chi connectivity index (χ0v) is 19.0. The van der Waals surface area contributed by atoms with Gasteiger partial charge in [0.1, 0.15) is 5.82 Å². The number of thiazole rings is 1. The third-order valence-corrected chi connectivity index (χ3v) is 8.64. The van der Waals surface area contributed by atoms with E-state index in [1.54, 1.807) is 30.3 Å². The standard InChI is InChI=1S/C19H16BrClFN3O2S2/c20-16-3-1-2-4-18(16)29(26,27)25-7-5-24(6-8-25)19-23-17(12-28-19)13-9-14(21)11-15(22)10-13/h1-4,9-12H,5-8H2. The average Bonchev–Trinajstić information content (AvgIpc) is 3.18. The van der Waals surface area contributed by atoms with Crippen molar-refractivity contribution >= 4 is 54.0 Å². The fourth-order valence-corrected chi connectivity index (χ4v) is 6.65. The van der Waals surface area contributed by atoms with Crippen LogP contribution in [0, 0.1) is 5.82 Å². The topological polar surface area (TPSA) is 53.5 Å². The molecule has 5 nitrogen and oxygen atoms in total. The van der Waals surface area contributed by atoms with Crippen LogP contribution >= 0.6 is 38.9 Å². The molecule has 0 radical (unpaired) electrons. The summed E-state index contributed by atoms with van der Waals surface area (Å²) in [6, 6.07) is 11.1. The molecule has 0 saturated carbocycles. The molecule has 0 spiro atoms. The molecule has 1 aromatic heterocycles. The zero-order chi connectivity index (χ0) is 20.6. The first-order valence-corrected chi connectivity index (χ1v) is 12.3. The number of sulfonamides is 1. The molecule has 4 rings (SSSR count). The SMILES string of the molecule is O=S(=O)(c1ccccc1Br)N1CCN(c2nc(-c3cc(F)cc(Cl)c3)cs2)CC1. The summed E-state index contributed by atoms with van der Waals surface area (Å²) in [4.78, 5) is 6.90. The molecule has 3 aromatic rings. The van der Waals surface area contributed by atoms with E-state index in [1.165, 1.54) is 27.8 Å². The molecule has 0 atom stereocenters. The van der Waals surface area contributed by atoms with Crippen LogP contribution in [-0.2, 0) is 10.0 Å². The molecular weight excluding hydrogens is 501 g/mol. The van der Waals surface area contributed by atoms with Crippen molar-refractivity contribution in [1.82, 2.24) is 9.29 Å². The highest BCUT2D eigenvalue weighted by Crippen LogP contribution is 2.31. The summed E-state index contributed by atoms with van der Waals surface area (Å²) in [6.07, 6.45) is 0. The number of benzene rings is 2. The van der Waals surface area contributed by atoms with Crippen LogP contribution in [0.1, 0.15) is 0 Å². The van der Waals surface area contributed by atoms with Gasteiger partial charge in [-0.15, -0.1) is 11.3 Å². The first-order chi connectivity index (χ1) is 13.8. The van der Waals surface area contributed by atoms with Gasteiger partial charge in [0.05, 0.1) is 10.6 Å². The molecule has 1 saturated heterocycles. The van der Waals surface area contributed by atoms with Gasteiger partial charge in [-0.2, -0.15) is 4.31 Å². The molecule has 0 amide bonds. The Kier molecular flexibility index (Phi) is 5.94. The Hall–Kier alpha value is -1.52. The fraction of sp³-hybridized carbons (Fsp3) is 0.211. The molecule has 1 aliphatic heterocycles. The summed E-state index contributed by atoms with van der Waals surface area (Å²) < 4.78 is 41.5. The van der Waals surface area contributed by atoms with Gasteiger partial charge >= 0.3 is 0 Å². The highest BCUT2D eigenvalue weighted by atomic mass is 79.9. The van der Waals surface area contributed by atoms with Crippen LogP contribution in [0.15, 0.2) is 57.2 Å². The maximum Gasteiger partial charge on any atom is 0.244 e. The molecule has 2 aromatic carbocycles. The van der Waals surface area contributed by atoms with E-state index in [9.17, 15) is 12.8 Å². The fourth-order valence-electron chi connectivity index (χ4n) is 3.16. The second-order valence-corrected chi connectivity index (χ2v) is 10.5. The molecule has 0 N–H and O–H groups in total. The van der Waals surface area contributed by atoms with Crippen molar-refractivity contribution in [2.75, 3.05) is 31.1 Å². The van der Waals surface area contributed by atoms with Gasteiger partial charge in [-0.3, -0.25) is 0 Å². The summed E-state index contributed by atoms with van der Waals surface area (Å²) in [5.41, 5.74) is 1.27. The zero-order valence-electron chi connectivity index (χ0n) is 15.1. The largest absolute Gasteiger partial charge is 0.345 e. The van der Waals surface area contributed by atoms with Gasteiger partial charge < -0.3 is 4.90 Å². The van der Waals surface area contributed by atoms with Crippen molar-refractivity contribution in [3.63, 3.8) is 0 Å². The van der Waals surface area contributed by atoms with Crippen LogP contribution in [-0.4, -0.2) is 43.9 Å². The van der Waals surface area contributed by atoms with Gasteiger partial charge in [-0.25, -0.2) is 17.8 Å². The second-order valence-electron chi connectivity index (χ2n) is 6.49. The van der Waals surface area contributed by atoms with Gasteiger partial charge in [-0.1, -0.05) is 23.7 Å². The Morgan fingerprint density at radius 2 is 1.83 bits per heavy atom. The molecule has 10 heteroatoms. The maximum atomic E-state index is 13.6. The number of halogens is 3. The van der Waals surface area contributed by atoms with E-state index in [1.807, 2.05) is 10.3 Å². The lowest BCUT2D eigenvalue weighted by molar-refractivity contribution is 0.384. The molecule has 0 unspecified atom stereocenters. The summed E-state index contributed by atoms with van der Waals surface area (Å²) in [5, 5.41) is 2.95. The van der Waals surface area contributed by atoms with E-state index in [-0.39, 0.29) is 4.90 Å². The Morgan fingerprint density at radius 3 is 2.52 bits per heavy atom. The summed E-state index contributed by atoms with van der Waals surface area (Å²) in [6.45, 7) is 1.79. The predicted octanol–water partition coefficient (Wildman–Crippen LogP) is 4.88. The van der Waals surface area contributed by atoms with Crippen LogP contribution in [0.25, 0.3) is 11.3 Å². The Balaban J connectivity index is 1.48. The van der Waals surface area contributed by atoms with E-state index < -0.39 is 15.8 Å². The highest BCUT2D eigenvalue weighted by Gasteiger charge is 2.30. The minimum atomic E-state index is -3.56. The number of nitrogens with zero attached hydrogens (tertiary/aromatic N) is 3. The number of rotatable bonds is 4. The van der Waals surface area contributed by atoms with Gasteiger partial charge in [0, 0.05) is 46.6 Å².